The van der Waals surface area contributed by atoms with Gasteiger partial charge in [0.1, 0.15) is 11.6 Å². The molecule has 0 spiro atoms. The molecule has 0 aliphatic rings. The molecule has 5 aromatic rings. The van der Waals surface area contributed by atoms with Gasteiger partial charge in [0.05, 0.1) is 30.1 Å². The maximum atomic E-state index is 5.28. The first kappa shape index (κ1) is 23.2. The highest BCUT2D eigenvalue weighted by Crippen LogP contribution is 2.28. The Balaban J connectivity index is 1.48. The predicted molar refractivity (Wildman–Crippen MR) is 145 cm³/mol. The van der Waals surface area contributed by atoms with Crippen LogP contribution in [0.1, 0.15) is 28.1 Å². The fraction of sp³-hybridized carbons (Fsp3) is 0.241. The monoisotopic (exact) mass is 482 g/mol. The standard InChI is InChI=1S/C29H30N4OS/c1-20-5-6-21(2)24(13-20)17-33-28-14-23(25-15-30-32(3)16-25)9-12-27(28)31-29(33)19-35-18-22-7-10-26(34-4)11-8-22/h5-16H,17-19H2,1-4H3. The summed E-state index contributed by atoms with van der Waals surface area (Å²) in [6, 6.07) is 21.5. The van der Waals surface area contributed by atoms with E-state index in [0.29, 0.717) is 0 Å². The van der Waals surface area contributed by atoms with Crippen molar-refractivity contribution in [2.45, 2.75) is 31.9 Å². The van der Waals surface area contributed by atoms with Crippen molar-refractivity contribution in [2.24, 2.45) is 7.05 Å². The largest absolute Gasteiger partial charge is 0.497 e. The number of aryl methyl sites for hydroxylation is 3. The van der Waals surface area contributed by atoms with Crippen LogP contribution in [0, 0.1) is 13.8 Å². The molecule has 5 nitrogen and oxygen atoms in total. The molecule has 0 aliphatic carbocycles. The van der Waals surface area contributed by atoms with Crippen LogP contribution >= 0.6 is 11.8 Å². The van der Waals surface area contributed by atoms with Crippen molar-refractivity contribution in [1.82, 2.24) is 19.3 Å². The van der Waals surface area contributed by atoms with Crippen molar-refractivity contribution in [3.05, 3.63) is 101 Å². The van der Waals surface area contributed by atoms with Crippen LogP contribution in [0.15, 0.2) is 73.1 Å². The molecule has 0 aliphatic heterocycles. The van der Waals surface area contributed by atoms with Crippen LogP contribution < -0.4 is 4.74 Å². The Bertz CT molecular complexity index is 1470. The third kappa shape index (κ3) is 5.13. The smallest absolute Gasteiger partial charge is 0.120 e. The van der Waals surface area contributed by atoms with Crippen LogP contribution in [-0.4, -0.2) is 26.4 Å². The molecule has 35 heavy (non-hydrogen) atoms. The van der Waals surface area contributed by atoms with E-state index < -0.39 is 0 Å². The van der Waals surface area contributed by atoms with Gasteiger partial charge in [-0.05, 0) is 60.4 Å². The Hall–Kier alpha value is -3.51. The fourth-order valence-corrected chi connectivity index (χ4v) is 5.27. The number of hydrogen-bond donors (Lipinski definition) is 0. The van der Waals surface area contributed by atoms with Crippen molar-refractivity contribution in [3.63, 3.8) is 0 Å². The molecule has 0 radical (unpaired) electrons. The van der Waals surface area contributed by atoms with Crippen LogP contribution in [0.4, 0.5) is 0 Å². The first-order valence-electron chi connectivity index (χ1n) is 11.7. The van der Waals surface area contributed by atoms with E-state index in [-0.39, 0.29) is 0 Å². The number of thioether (sulfide) groups is 1. The zero-order chi connectivity index (χ0) is 24.4. The number of hydrogen-bond acceptors (Lipinski definition) is 4. The molecule has 2 aromatic heterocycles. The third-order valence-electron chi connectivity index (χ3n) is 6.36. The lowest BCUT2D eigenvalue weighted by atomic mass is 10.1. The van der Waals surface area contributed by atoms with Crippen LogP contribution in [0.2, 0.25) is 0 Å². The molecule has 0 saturated carbocycles. The zero-order valence-electron chi connectivity index (χ0n) is 20.7. The summed E-state index contributed by atoms with van der Waals surface area (Å²) in [5.74, 6) is 3.76. The molecule has 0 fully saturated rings. The third-order valence-corrected chi connectivity index (χ3v) is 7.36. The average molecular weight is 483 g/mol. The number of benzene rings is 3. The lowest BCUT2D eigenvalue weighted by Crippen LogP contribution is -2.06. The van der Waals surface area contributed by atoms with Crippen LogP contribution in [0.3, 0.4) is 0 Å². The van der Waals surface area contributed by atoms with E-state index in [0.717, 1.165) is 51.8 Å². The van der Waals surface area contributed by atoms with E-state index in [9.17, 15) is 0 Å². The van der Waals surface area contributed by atoms with E-state index in [2.05, 4.69) is 78.2 Å². The van der Waals surface area contributed by atoms with Crippen molar-refractivity contribution in [3.8, 4) is 16.9 Å². The van der Waals surface area contributed by atoms with E-state index in [1.54, 1.807) is 7.11 Å². The molecule has 0 atom stereocenters. The minimum Gasteiger partial charge on any atom is -0.497 e. The molecule has 0 bridgehead atoms. The SMILES string of the molecule is COc1ccc(CSCc2nc3ccc(-c4cnn(C)c4)cc3n2Cc2cc(C)ccc2C)cc1. The van der Waals surface area contributed by atoms with Gasteiger partial charge >= 0.3 is 0 Å². The fourth-order valence-electron chi connectivity index (χ4n) is 4.33. The zero-order valence-corrected chi connectivity index (χ0v) is 21.5. The molecule has 5 rings (SSSR count). The normalized spacial score (nSPS) is 11.3. The van der Waals surface area contributed by atoms with Gasteiger partial charge in [0.15, 0.2) is 0 Å². The van der Waals surface area contributed by atoms with E-state index in [4.69, 9.17) is 9.72 Å². The first-order valence-corrected chi connectivity index (χ1v) is 12.9. The Labute approximate surface area is 210 Å². The summed E-state index contributed by atoms with van der Waals surface area (Å²) < 4.78 is 9.51. The maximum absolute atomic E-state index is 5.28. The Morgan fingerprint density at radius 3 is 2.49 bits per heavy atom. The van der Waals surface area contributed by atoms with Crippen molar-refractivity contribution in [1.29, 1.82) is 0 Å². The molecule has 0 saturated heterocycles. The van der Waals surface area contributed by atoms with Gasteiger partial charge in [0.25, 0.3) is 0 Å². The molecule has 0 amide bonds. The topological polar surface area (TPSA) is 44.9 Å². The summed E-state index contributed by atoms with van der Waals surface area (Å²) in [4.78, 5) is 5.06. The molecule has 0 unspecified atom stereocenters. The summed E-state index contributed by atoms with van der Waals surface area (Å²) in [5, 5.41) is 4.35. The summed E-state index contributed by atoms with van der Waals surface area (Å²) in [5.41, 5.74) is 9.66. The first-order chi connectivity index (χ1) is 17.0. The predicted octanol–water partition coefficient (Wildman–Crippen LogP) is 6.54. The van der Waals surface area contributed by atoms with Gasteiger partial charge in [0, 0.05) is 31.1 Å². The van der Waals surface area contributed by atoms with E-state index in [1.165, 1.54) is 22.3 Å². The van der Waals surface area contributed by atoms with E-state index in [1.807, 2.05) is 41.8 Å². The van der Waals surface area contributed by atoms with Crippen molar-refractivity contribution < 1.29 is 4.74 Å². The maximum Gasteiger partial charge on any atom is 0.120 e. The summed E-state index contributed by atoms with van der Waals surface area (Å²) >= 11 is 1.89. The Morgan fingerprint density at radius 2 is 1.74 bits per heavy atom. The van der Waals surface area contributed by atoms with Gasteiger partial charge in [-0.1, -0.05) is 42.0 Å². The highest BCUT2D eigenvalue weighted by molar-refractivity contribution is 7.97. The second kappa shape index (κ2) is 10.0. The van der Waals surface area contributed by atoms with Crippen LogP contribution in [0.25, 0.3) is 22.2 Å². The van der Waals surface area contributed by atoms with E-state index >= 15 is 0 Å². The molecule has 6 heteroatoms. The average Bonchev–Trinajstić information content (AvgIpc) is 3.45. The molecular formula is C29H30N4OS. The Morgan fingerprint density at radius 1 is 0.914 bits per heavy atom. The quantitative estimate of drug-likeness (QED) is 0.252. The number of nitrogens with zero attached hydrogens (tertiary/aromatic N) is 4. The minimum atomic E-state index is 0.804. The van der Waals surface area contributed by atoms with Crippen molar-refractivity contribution >= 4 is 22.8 Å². The van der Waals surface area contributed by atoms with Crippen LogP contribution in [0.5, 0.6) is 5.75 Å². The highest BCUT2D eigenvalue weighted by Gasteiger charge is 2.14. The van der Waals surface area contributed by atoms with Crippen molar-refractivity contribution in [2.75, 3.05) is 7.11 Å². The number of methoxy groups -OCH3 is 1. The van der Waals surface area contributed by atoms with Crippen LogP contribution in [-0.2, 0) is 25.1 Å². The number of imidazole rings is 1. The van der Waals surface area contributed by atoms with Gasteiger partial charge in [-0.2, -0.15) is 5.10 Å². The van der Waals surface area contributed by atoms with Gasteiger partial charge in [-0.15, -0.1) is 11.8 Å². The number of fused-ring (bicyclic) bond motifs is 1. The van der Waals surface area contributed by atoms with Gasteiger partial charge < -0.3 is 9.30 Å². The second-order valence-corrected chi connectivity index (χ2v) is 9.98. The number of ether oxygens (including phenoxy) is 1. The number of aromatic nitrogens is 4. The summed E-state index contributed by atoms with van der Waals surface area (Å²) in [7, 11) is 3.65. The minimum absolute atomic E-state index is 0.804. The molecule has 0 N–H and O–H groups in total. The molecule has 2 heterocycles. The summed E-state index contributed by atoms with van der Waals surface area (Å²) in [6.07, 6.45) is 3.97. The Kier molecular flexibility index (Phi) is 6.64. The molecule has 178 valence electrons. The molecular weight excluding hydrogens is 452 g/mol. The lowest BCUT2D eigenvalue weighted by Gasteiger charge is -2.13. The lowest BCUT2D eigenvalue weighted by molar-refractivity contribution is 0.414. The van der Waals surface area contributed by atoms with Gasteiger partial charge in [-0.3, -0.25) is 4.68 Å². The second-order valence-electron chi connectivity index (χ2n) is 8.99. The highest BCUT2D eigenvalue weighted by atomic mass is 32.2. The molecule has 3 aromatic carbocycles. The van der Waals surface area contributed by atoms with Gasteiger partial charge in [-0.25, -0.2) is 4.98 Å². The van der Waals surface area contributed by atoms with Gasteiger partial charge in [0.2, 0.25) is 0 Å². The number of rotatable bonds is 8. The summed E-state index contributed by atoms with van der Waals surface area (Å²) in [6.45, 7) is 5.15.